The lowest BCUT2D eigenvalue weighted by Crippen LogP contribution is -2.29. The Morgan fingerprint density at radius 2 is 2.25 bits per heavy atom. The fourth-order valence-corrected chi connectivity index (χ4v) is 5.21. The highest BCUT2D eigenvalue weighted by atomic mass is 32.2. The van der Waals surface area contributed by atoms with Crippen LogP contribution in [0.4, 0.5) is 0 Å². The summed E-state index contributed by atoms with van der Waals surface area (Å²) in [4.78, 5) is 0. The fraction of sp³-hybridized carbons (Fsp3) is 0.692. The average molecular weight is 316 g/mol. The number of rotatable bonds is 6. The molecule has 1 saturated heterocycles. The average Bonchev–Trinajstić information content (AvgIpc) is 2.96. The molecule has 20 heavy (non-hydrogen) atoms. The standard InChI is InChI=1S/C13H20N2O3S2/c1-18-12-4-5-15(8-12)20(16,17)13-6-10(9-19-13)7-14-11-2-3-11/h6,9,11-12,14H,2-5,7-8H2,1H3. The molecule has 3 rings (SSSR count). The lowest BCUT2D eigenvalue weighted by Gasteiger charge is -2.14. The highest BCUT2D eigenvalue weighted by Crippen LogP contribution is 2.28. The van der Waals surface area contributed by atoms with Gasteiger partial charge in [-0.15, -0.1) is 11.3 Å². The van der Waals surface area contributed by atoms with E-state index in [2.05, 4.69) is 5.32 Å². The van der Waals surface area contributed by atoms with Crippen LogP contribution in [0.25, 0.3) is 0 Å². The Morgan fingerprint density at radius 3 is 2.90 bits per heavy atom. The van der Waals surface area contributed by atoms with Crippen LogP contribution in [0.3, 0.4) is 0 Å². The maximum atomic E-state index is 12.5. The van der Waals surface area contributed by atoms with E-state index in [1.807, 2.05) is 5.38 Å². The van der Waals surface area contributed by atoms with Crippen LogP contribution in [0, 0.1) is 0 Å². The predicted molar refractivity (Wildman–Crippen MR) is 78.4 cm³/mol. The lowest BCUT2D eigenvalue weighted by atomic mass is 10.3. The van der Waals surface area contributed by atoms with Crippen molar-refractivity contribution in [3.8, 4) is 0 Å². The first kappa shape index (κ1) is 14.5. The number of thiophene rings is 1. The van der Waals surface area contributed by atoms with Crippen LogP contribution in [0.5, 0.6) is 0 Å². The first-order chi connectivity index (χ1) is 9.59. The predicted octanol–water partition coefficient (Wildman–Crippen LogP) is 1.41. The van der Waals surface area contributed by atoms with Crippen molar-refractivity contribution >= 4 is 21.4 Å². The summed E-state index contributed by atoms with van der Waals surface area (Å²) in [7, 11) is -1.71. The van der Waals surface area contributed by atoms with Gasteiger partial charge in [-0.25, -0.2) is 8.42 Å². The number of ether oxygens (including phenoxy) is 1. The summed E-state index contributed by atoms with van der Waals surface area (Å²) in [6.45, 7) is 1.78. The van der Waals surface area contributed by atoms with E-state index < -0.39 is 10.0 Å². The molecule has 2 fully saturated rings. The van der Waals surface area contributed by atoms with Gasteiger partial charge in [0.2, 0.25) is 0 Å². The molecule has 2 aliphatic rings. The molecular weight excluding hydrogens is 296 g/mol. The number of methoxy groups -OCH3 is 1. The second-order valence-corrected chi connectivity index (χ2v) is 8.51. The molecule has 1 unspecified atom stereocenters. The number of hydrogen-bond acceptors (Lipinski definition) is 5. The summed E-state index contributed by atoms with van der Waals surface area (Å²) >= 11 is 1.31. The SMILES string of the molecule is COC1CCN(S(=O)(=O)c2cc(CNC3CC3)cs2)C1. The van der Waals surface area contributed by atoms with Crippen LogP contribution in [-0.4, -0.2) is 45.1 Å². The molecule has 1 aromatic rings. The largest absolute Gasteiger partial charge is 0.380 e. The third kappa shape index (κ3) is 3.07. The summed E-state index contributed by atoms with van der Waals surface area (Å²) in [6.07, 6.45) is 3.28. The molecule has 1 saturated carbocycles. The van der Waals surface area contributed by atoms with E-state index in [1.165, 1.54) is 28.5 Å². The number of sulfonamides is 1. The second-order valence-electron chi connectivity index (χ2n) is 5.44. The third-order valence-corrected chi connectivity index (χ3v) is 7.17. The summed E-state index contributed by atoms with van der Waals surface area (Å²) < 4.78 is 32.3. The minimum Gasteiger partial charge on any atom is -0.380 e. The zero-order valence-corrected chi connectivity index (χ0v) is 13.2. The minimum absolute atomic E-state index is 0.0285. The normalized spacial score (nSPS) is 24.4. The Hall–Kier alpha value is -0.470. The van der Waals surface area contributed by atoms with Crippen LogP contribution in [0.15, 0.2) is 15.7 Å². The molecule has 0 aromatic carbocycles. The van der Waals surface area contributed by atoms with Gasteiger partial charge in [-0.1, -0.05) is 0 Å². The Bertz CT molecular complexity index is 566. The zero-order chi connectivity index (χ0) is 14.2. The summed E-state index contributed by atoms with van der Waals surface area (Å²) in [5.41, 5.74) is 1.06. The van der Waals surface area contributed by atoms with Gasteiger partial charge in [-0.3, -0.25) is 0 Å². The summed E-state index contributed by atoms with van der Waals surface area (Å²) in [6, 6.07) is 2.44. The maximum absolute atomic E-state index is 12.5. The highest BCUT2D eigenvalue weighted by molar-refractivity contribution is 7.91. The molecule has 1 N–H and O–H groups in total. The quantitative estimate of drug-likeness (QED) is 0.862. The van der Waals surface area contributed by atoms with Gasteiger partial charge in [0.15, 0.2) is 0 Å². The van der Waals surface area contributed by atoms with Crippen molar-refractivity contribution < 1.29 is 13.2 Å². The van der Waals surface area contributed by atoms with Gasteiger partial charge in [0.05, 0.1) is 6.10 Å². The van der Waals surface area contributed by atoms with Crippen LogP contribution in [0.2, 0.25) is 0 Å². The minimum atomic E-state index is -3.34. The molecule has 112 valence electrons. The number of nitrogens with zero attached hydrogens (tertiary/aromatic N) is 1. The zero-order valence-electron chi connectivity index (χ0n) is 11.5. The Kier molecular flexibility index (Phi) is 4.14. The van der Waals surface area contributed by atoms with E-state index in [0.29, 0.717) is 23.3 Å². The van der Waals surface area contributed by atoms with Crippen LogP contribution >= 0.6 is 11.3 Å². The van der Waals surface area contributed by atoms with Gasteiger partial charge in [0.25, 0.3) is 10.0 Å². The third-order valence-electron chi connectivity index (χ3n) is 3.84. The monoisotopic (exact) mass is 316 g/mol. The fourth-order valence-electron chi connectivity index (χ4n) is 2.37. The van der Waals surface area contributed by atoms with Gasteiger partial charge >= 0.3 is 0 Å². The van der Waals surface area contributed by atoms with Crippen LogP contribution in [0.1, 0.15) is 24.8 Å². The Balaban J connectivity index is 1.67. The van der Waals surface area contributed by atoms with Crippen molar-refractivity contribution in [2.45, 2.75) is 42.2 Å². The molecule has 0 spiro atoms. The first-order valence-corrected chi connectivity index (χ1v) is 9.25. The molecule has 1 atom stereocenters. The maximum Gasteiger partial charge on any atom is 0.252 e. The van der Waals surface area contributed by atoms with Crippen molar-refractivity contribution in [1.82, 2.24) is 9.62 Å². The van der Waals surface area contributed by atoms with Crippen molar-refractivity contribution in [1.29, 1.82) is 0 Å². The van der Waals surface area contributed by atoms with Gasteiger partial charge in [-0.2, -0.15) is 4.31 Å². The summed E-state index contributed by atoms with van der Waals surface area (Å²) in [5, 5.41) is 5.34. The number of hydrogen-bond donors (Lipinski definition) is 1. The van der Waals surface area contributed by atoms with Crippen molar-refractivity contribution in [2.24, 2.45) is 0 Å². The first-order valence-electron chi connectivity index (χ1n) is 6.93. The topological polar surface area (TPSA) is 58.6 Å². The van der Waals surface area contributed by atoms with Gasteiger partial charge in [0, 0.05) is 32.8 Å². The van der Waals surface area contributed by atoms with E-state index in [1.54, 1.807) is 13.2 Å². The smallest absolute Gasteiger partial charge is 0.252 e. The van der Waals surface area contributed by atoms with Crippen molar-refractivity contribution in [3.63, 3.8) is 0 Å². The van der Waals surface area contributed by atoms with Crippen LogP contribution in [-0.2, 0) is 21.3 Å². The molecule has 0 amide bonds. The van der Waals surface area contributed by atoms with E-state index >= 15 is 0 Å². The van der Waals surface area contributed by atoms with Crippen molar-refractivity contribution in [2.75, 3.05) is 20.2 Å². The van der Waals surface area contributed by atoms with Gasteiger partial charge < -0.3 is 10.1 Å². The Morgan fingerprint density at radius 1 is 1.45 bits per heavy atom. The molecular formula is C13H20N2O3S2. The van der Waals surface area contributed by atoms with E-state index in [4.69, 9.17) is 4.74 Å². The van der Waals surface area contributed by atoms with Gasteiger partial charge in [0.1, 0.15) is 4.21 Å². The molecule has 0 radical (unpaired) electrons. The van der Waals surface area contributed by atoms with E-state index in [0.717, 1.165) is 18.5 Å². The highest BCUT2D eigenvalue weighted by Gasteiger charge is 2.33. The Labute approximate surface area is 124 Å². The summed E-state index contributed by atoms with van der Waals surface area (Å²) in [5.74, 6) is 0. The van der Waals surface area contributed by atoms with Crippen molar-refractivity contribution in [3.05, 3.63) is 17.0 Å². The molecule has 0 bridgehead atoms. The second kappa shape index (κ2) is 5.73. The lowest BCUT2D eigenvalue weighted by molar-refractivity contribution is 0.115. The van der Waals surface area contributed by atoms with E-state index in [9.17, 15) is 8.42 Å². The molecule has 1 aliphatic heterocycles. The van der Waals surface area contributed by atoms with E-state index in [-0.39, 0.29) is 6.10 Å². The molecule has 1 aromatic heterocycles. The molecule has 1 aliphatic carbocycles. The molecule has 5 nitrogen and oxygen atoms in total. The molecule has 7 heteroatoms. The van der Waals surface area contributed by atoms with Crippen LogP contribution < -0.4 is 5.32 Å². The molecule has 2 heterocycles. The van der Waals surface area contributed by atoms with Gasteiger partial charge in [-0.05, 0) is 36.3 Å². The number of nitrogens with one attached hydrogen (secondary N) is 1.